The highest BCUT2D eigenvalue weighted by atomic mass is 32.2. The molecule has 5 rings (SSSR count). The predicted molar refractivity (Wildman–Crippen MR) is 143 cm³/mol. The van der Waals surface area contributed by atoms with Crippen LogP contribution in [0, 0.1) is 0 Å². The number of ketones is 3. The predicted octanol–water partition coefficient (Wildman–Crippen LogP) is 6.06. The van der Waals surface area contributed by atoms with Gasteiger partial charge in [-0.25, -0.2) is 0 Å². The number of Topliss-reactive ketones (excluding diaryl/α,β-unsaturated/α-hetero) is 3. The van der Waals surface area contributed by atoms with Gasteiger partial charge < -0.3 is 0 Å². The van der Waals surface area contributed by atoms with E-state index in [0.717, 1.165) is 11.8 Å². The first-order chi connectivity index (χ1) is 18.1. The largest absolute Gasteiger partial charge is 0.291 e. The summed E-state index contributed by atoms with van der Waals surface area (Å²) < 4.78 is 0. The number of hydrogen-bond acceptors (Lipinski definition) is 5. The van der Waals surface area contributed by atoms with Gasteiger partial charge in [0.2, 0.25) is 11.6 Å². The standard InChI is InChI=1S/C31H21NO4S/c33-26(21-13-5-1-6-14-21)25-29(27(34)22-15-7-2-8-16-22)37-31(28(35)23-17-9-3-10-18-23)32(25)30(36)24-19-11-4-12-20-24/h1-20,31H. The van der Waals surface area contributed by atoms with Crippen molar-refractivity contribution in [1.29, 1.82) is 0 Å². The maximum absolute atomic E-state index is 13.9. The van der Waals surface area contributed by atoms with Crippen LogP contribution in [0.5, 0.6) is 0 Å². The van der Waals surface area contributed by atoms with Crippen LogP contribution in [-0.2, 0) is 0 Å². The second-order valence-corrected chi connectivity index (χ2v) is 9.40. The number of amides is 1. The van der Waals surface area contributed by atoms with Crippen molar-refractivity contribution < 1.29 is 19.2 Å². The van der Waals surface area contributed by atoms with Crippen LogP contribution in [0.25, 0.3) is 0 Å². The molecule has 0 aromatic heterocycles. The van der Waals surface area contributed by atoms with Crippen molar-refractivity contribution >= 4 is 35.0 Å². The third-order valence-corrected chi connectivity index (χ3v) is 7.20. The summed E-state index contributed by atoms with van der Waals surface area (Å²) >= 11 is 0.944. The molecule has 180 valence electrons. The smallest absolute Gasteiger partial charge is 0.259 e. The third-order valence-electron chi connectivity index (χ3n) is 5.94. The lowest BCUT2D eigenvalue weighted by atomic mass is 10.0. The van der Waals surface area contributed by atoms with E-state index < -0.39 is 22.8 Å². The van der Waals surface area contributed by atoms with E-state index >= 15 is 0 Å². The molecule has 5 nitrogen and oxygen atoms in total. The number of nitrogens with zero attached hydrogens (tertiary/aromatic N) is 1. The molecule has 0 N–H and O–H groups in total. The maximum Gasteiger partial charge on any atom is 0.259 e. The molecule has 1 heterocycles. The summed E-state index contributed by atoms with van der Waals surface area (Å²) in [5.74, 6) is -1.82. The molecule has 0 aliphatic carbocycles. The average Bonchev–Trinajstić information content (AvgIpc) is 3.38. The Bertz CT molecular complexity index is 1500. The number of carbonyl (C=O) groups excluding carboxylic acids is 4. The lowest BCUT2D eigenvalue weighted by Crippen LogP contribution is -2.41. The fourth-order valence-electron chi connectivity index (χ4n) is 4.11. The Morgan fingerprint density at radius 1 is 0.514 bits per heavy atom. The Balaban J connectivity index is 1.70. The van der Waals surface area contributed by atoms with Crippen molar-refractivity contribution in [2.45, 2.75) is 5.37 Å². The highest BCUT2D eigenvalue weighted by Crippen LogP contribution is 2.43. The van der Waals surface area contributed by atoms with Gasteiger partial charge in [-0.05, 0) is 12.1 Å². The van der Waals surface area contributed by atoms with Crippen molar-refractivity contribution in [3.8, 4) is 0 Å². The van der Waals surface area contributed by atoms with Gasteiger partial charge in [-0.2, -0.15) is 0 Å². The molecule has 1 unspecified atom stereocenters. The van der Waals surface area contributed by atoms with E-state index in [4.69, 9.17) is 0 Å². The zero-order valence-corrected chi connectivity index (χ0v) is 20.4. The Hall–Kier alpha value is -4.55. The van der Waals surface area contributed by atoms with Crippen molar-refractivity contribution in [1.82, 2.24) is 4.90 Å². The molecule has 0 saturated carbocycles. The minimum atomic E-state index is -1.12. The second-order valence-electron chi connectivity index (χ2n) is 8.31. The fraction of sp³-hybridized carbons (Fsp3) is 0.0323. The van der Waals surface area contributed by atoms with Crippen LogP contribution >= 0.6 is 11.8 Å². The number of rotatable bonds is 7. The molecule has 1 atom stereocenters. The highest BCUT2D eigenvalue weighted by Gasteiger charge is 2.46. The summed E-state index contributed by atoms with van der Waals surface area (Å²) in [5.41, 5.74) is 1.28. The van der Waals surface area contributed by atoms with E-state index in [1.807, 2.05) is 0 Å². The summed E-state index contributed by atoms with van der Waals surface area (Å²) in [6.45, 7) is 0. The first-order valence-electron chi connectivity index (χ1n) is 11.6. The van der Waals surface area contributed by atoms with Gasteiger partial charge in [0.25, 0.3) is 5.91 Å². The molecule has 1 aliphatic rings. The van der Waals surface area contributed by atoms with Crippen LogP contribution in [0.2, 0.25) is 0 Å². The topological polar surface area (TPSA) is 71.5 Å². The number of carbonyl (C=O) groups is 4. The fourth-order valence-corrected chi connectivity index (χ4v) is 5.41. The molecule has 0 saturated heterocycles. The SMILES string of the molecule is O=C(C1=C(C(=O)c2ccccc2)N(C(=O)c2ccccc2)C(C(=O)c2ccccc2)S1)c1ccccc1. The lowest BCUT2D eigenvalue weighted by molar-refractivity contribution is 0.0716. The summed E-state index contributed by atoms with van der Waals surface area (Å²) in [7, 11) is 0. The average molecular weight is 504 g/mol. The van der Waals surface area contributed by atoms with Gasteiger partial charge in [0.05, 0.1) is 4.91 Å². The highest BCUT2D eigenvalue weighted by molar-refractivity contribution is 8.05. The minimum absolute atomic E-state index is 0.0682. The Morgan fingerprint density at radius 2 is 0.919 bits per heavy atom. The van der Waals surface area contributed by atoms with Gasteiger partial charge >= 0.3 is 0 Å². The summed E-state index contributed by atoms with van der Waals surface area (Å²) in [5, 5.41) is -1.12. The van der Waals surface area contributed by atoms with E-state index in [0.29, 0.717) is 22.3 Å². The maximum atomic E-state index is 13.9. The van der Waals surface area contributed by atoms with Crippen LogP contribution in [0.3, 0.4) is 0 Å². The number of allylic oxidation sites excluding steroid dienone is 2. The molecule has 0 spiro atoms. The van der Waals surface area contributed by atoms with Gasteiger partial charge in [-0.1, -0.05) is 121 Å². The summed E-state index contributed by atoms with van der Waals surface area (Å²) in [6.07, 6.45) is 0. The number of thioether (sulfide) groups is 1. The monoisotopic (exact) mass is 503 g/mol. The van der Waals surface area contributed by atoms with Crippen molar-refractivity contribution in [3.63, 3.8) is 0 Å². The van der Waals surface area contributed by atoms with Crippen LogP contribution in [0.15, 0.2) is 132 Å². The number of hydrogen-bond donors (Lipinski definition) is 0. The second kappa shape index (κ2) is 10.6. The molecular formula is C31H21NO4S. The summed E-state index contributed by atoms with van der Waals surface area (Å²) in [6, 6.07) is 34.0. The summed E-state index contributed by atoms with van der Waals surface area (Å²) in [4.78, 5) is 56.5. The van der Waals surface area contributed by atoms with E-state index in [1.165, 1.54) is 4.90 Å². The van der Waals surface area contributed by atoms with E-state index in [1.54, 1.807) is 121 Å². The molecule has 1 aliphatic heterocycles. The Kier molecular flexibility index (Phi) is 6.92. The Labute approximate surface area is 218 Å². The van der Waals surface area contributed by atoms with Crippen LogP contribution in [0.1, 0.15) is 41.4 Å². The molecule has 0 fully saturated rings. The molecule has 4 aromatic carbocycles. The zero-order chi connectivity index (χ0) is 25.8. The quantitative estimate of drug-likeness (QED) is 0.287. The zero-order valence-electron chi connectivity index (χ0n) is 19.6. The first-order valence-corrected chi connectivity index (χ1v) is 12.5. The van der Waals surface area contributed by atoms with Crippen molar-refractivity contribution in [2.75, 3.05) is 0 Å². The van der Waals surface area contributed by atoms with E-state index in [2.05, 4.69) is 0 Å². The van der Waals surface area contributed by atoms with Crippen LogP contribution in [-0.4, -0.2) is 33.5 Å². The first kappa shape index (κ1) is 24.2. The molecule has 37 heavy (non-hydrogen) atoms. The van der Waals surface area contributed by atoms with Crippen LogP contribution < -0.4 is 0 Å². The number of benzene rings is 4. The normalized spacial score (nSPS) is 14.9. The third kappa shape index (κ3) is 4.79. The van der Waals surface area contributed by atoms with Crippen molar-refractivity contribution in [2.24, 2.45) is 0 Å². The molecular weight excluding hydrogens is 482 g/mol. The molecule has 4 aromatic rings. The van der Waals surface area contributed by atoms with Crippen molar-refractivity contribution in [3.05, 3.63) is 154 Å². The van der Waals surface area contributed by atoms with Gasteiger partial charge in [0.15, 0.2) is 11.2 Å². The van der Waals surface area contributed by atoms with Gasteiger partial charge in [-0.15, -0.1) is 0 Å². The lowest BCUT2D eigenvalue weighted by Gasteiger charge is -2.25. The van der Waals surface area contributed by atoms with Crippen LogP contribution in [0.4, 0.5) is 0 Å². The van der Waals surface area contributed by atoms with Gasteiger partial charge in [0.1, 0.15) is 5.70 Å². The van der Waals surface area contributed by atoms with Gasteiger partial charge in [0, 0.05) is 22.3 Å². The Morgan fingerprint density at radius 3 is 1.41 bits per heavy atom. The molecule has 1 amide bonds. The minimum Gasteiger partial charge on any atom is -0.291 e. The van der Waals surface area contributed by atoms with E-state index in [-0.39, 0.29) is 16.4 Å². The van der Waals surface area contributed by atoms with E-state index in [9.17, 15) is 19.2 Å². The molecule has 0 radical (unpaired) electrons. The van der Waals surface area contributed by atoms with Gasteiger partial charge in [-0.3, -0.25) is 24.1 Å². The molecule has 0 bridgehead atoms. The molecule has 6 heteroatoms.